The molecule has 5 heteroatoms. The van der Waals surface area contributed by atoms with Crippen LogP contribution >= 0.6 is 0 Å². The Bertz CT molecular complexity index is 674. The number of carboxylic acids is 1. The van der Waals surface area contributed by atoms with Gasteiger partial charge in [-0.1, -0.05) is 36.4 Å². The van der Waals surface area contributed by atoms with Gasteiger partial charge >= 0.3 is 12.1 Å². The lowest BCUT2D eigenvalue weighted by molar-refractivity contribution is -0.137. The second kappa shape index (κ2) is 5.83. The van der Waals surface area contributed by atoms with E-state index in [0.29, 0.717) is 5.56 Å². The zero-order chi connectivity index (χ0) is 15.5. The fraction of sp³-hybridized carbons (Fsp3) is 0.0625. The van der Waals surface area contributed by atoms with Crippen molar-refractivity contribution in [2.75, 3.05) is 0 Å². The van der Waals surface area contributed by atoms with Gasteiger partial charge in [-0.3, -0.25) is 0 Å². The minimum absolute atomic E-state index is 0.207. The number of carboxylic acid groups (broad SMARTS) is 1. The number of aliphatic carboxylic acids is 1. The molecule has 0 atom stereocenters. The van der Waals surface area contributed by atoms with Gasteiger partial charge in [0.05, 0.1) is 5.56 Å². The van der Waals surface area contributed by atoms with E-state index in [1.807, 2.05) is 0 Å². The number of hydrogen-bond donors (Lipinski definition) is 1. The molecule has 0 unspecified atom stereocenters. The van der Waals surface area contributed by atoms with Gasteiger partial charge in [-0.05, 0) is 34.9 Å². The van der Waals surface area contributed by atoms with Gasteiger partial charge in [0, 0.05) is 6.08 Å². The summed E-state index contributed by atoms with van der Waals surface area (Å²) in [6.45, 7) is 0. The Balaban J connectivity index is 2.57. The lowest BCUT2D eigenvalue weighted by Gasteiger charge is -2.11. The van der Waals surface area contributed by atoms with Crippen LogP contribution in [0.2, 0.25) is 0 Å². The summed E-state index contributed by atoms with van der Waals surface area (Å²) in [5.74, 6) is -1.22. The van der Waals surface area contributed by atoms with Crippen molar-refractivity contribution < 1.29 is 23.1 Å². The van der Waals surface area contributed by atoms with Gasteiger partial charge in [0.15, 0.2) is 0 Å². The average Bonchev–Trinajstić information content (AvgIpc) is 2.44. The fourth-order valence-corrected chi connectivity index (χ4v) is 1.92. The van der Waals surface area contributed by atoms with Gasteiger partial charge in [-0.15, -0.1) is 0 Å². The zero-order valence-electron chi connectivity index (χ0n) is 10.8. The normalized spacial score (nSPS) is 11.8. The van der Waals surface area contributed by atoms with E-state index in [2.05, 4.69) is 0 Å². The highest BCUT2D eigenvalue weighted by atomic mass is 19.4. The summed E-state index contributed by atoms with van der Waals surface area (Å²) in [5, 5.41) is 8.66. The van der Waals surface area contributed by atoms with Gasteiger partial charge in [-0.25, -0.2) is 4.79 Å². The Morgan fingerprint density at radius 3 is 2.29 bits per heavy atom. The summed E-state index contributed by atoms with van der Waals surface area (Å²) in [5.41, 5.74) is 0.656. The Hall–Kier alpha value is -2.56. The van der Waals surface area contributed by atoms with E-state index >= 15 is 0 Å². The topological polar surface area (TPSA) is 37.3 Å². The lowest BCUT2D eigenvalue weighted by Crippen LogP contribution is -2.05. The first kappa shape index (κ1) is 14.8. The first-order valence-corrected chi connectivity index (χ1v) is 6.05. The molecule has 0 fully saturated rings. The summed E-state index contributed by atoms with van der Waals surface area (Å²) in [7, 11) is 0. The van der Waals surface area contributed by atoms with Gasteiger partial charge in [-0.2, -0.15) is 13.2 Å². The van der Waals surface area contributed by atoms with E-state index in [4.69, 9.17) is 5.11 Å². The van der Waals surface area contributed by atoms with Crippen LogP contribution < -0.4 is 0 Å². The van der Waals surface area contributed by atoms with E-state index in [9.17, 15) is 18.0 Å². The van der Waals surface area contributed by atoms with Crippen LogP contribution in [0.4, 0.5) is 13.2 Å². The van der Waals surface area contributed by atoms with Gasteiger partial charge in [0.1, 0.15) is 0 Å². The highest BCUT2D eigenvalue weighted by molar-refractivity contribution is 5.88. The van der Waals surface area contributed by atoms with Crippen LogP contribution in [-0.2, 0) is 11.0 Å². The van der Waals surface area contributed by atoms with Crippen LogP contribution in [0.3, 0.4) is 0 Å². The van der Waals surface area contributed by atoms with Gasteiger partial charge in [0.25, 0.3) is 0 Å². The van der Waals surface area contributed by atoms with Crippen molar-refractivity contribution in [3.05, 3.63) is 65.7 Å². The maximum Gasteiger partial charge on any atom is 0.416 e. The number of benzene rings is 2. The van der Waals surface area contributed by atoms with E-state index < -0.39 is 17.7 Å². The summed E-state index contributed by atoms with van der Waals surface area (Å²) in [6.07, 6.45) is -2.48. The Morgan fingerprint density at radius 1 is 1.05 bits per heavy atom. The van der Waals surface area contributed by atoms with Crippen LogP contribution in [0.25, 0.3) is 17.2 Å². The largest absolute Gasteiger partial charge is 0.478 e. The summed E-state index contributed by atoms with van der Waals surface area (Å²) in [6, 6.07) is 12.1. The minimum Gasteiger partial charge on any atom is -0.478 e. The van der Waals surface area contributed by atoms with Crippen molar-refractivity contribution in [1.82, 2.24) is 0 Å². The lowest BCUT2D eigenvalue weighted by atomic mass is 9.97. The molecule has 0 saturated heterocycles. The molecule has 1 N–H and O–H groups in total. The van der Waals surface area contributed by atoms with Crippen LogP contribution in [0.1, 0.15) is 11.1 Å². The van der Waals surface area contributed by atoms with Crippen molar-refractivity contribution >= 4 is 12.0 Å². The molecule has 0 amide bonds. The SMILES string of the molecule is O=C(O)C=Cc1cc(C(F)(F)F)ccc1-c1ccccc1. The van der Waals surface area contributed by atoms with Crippen LogP contribution in [0.5, 0.6) is 0 Å². The molecule has 2 nitrogen and oxygen atoms in total. The number of hydrogen-bond acceptors (Lipinski definition) is 1. The van der Waals surface area contributed by atoms with Crippen molar-refractivity contribution in [2.24, 2.45) is 0 Å². The standard InChI is InChI=1S/C16H11F3O2/c17-16(18,19)13-7-8-14(11-4-2-1-3-5-11)12(10-13)6-9-15(20)21/h1-10H,(H,20,21). The van der Waals surface area contributed by atoms with E-state index in [-0.39, 0.29) is 5.56 Å². The minimum atomic E-state index is -4.47. The molecule has 0 bridgehead atoms. The third-order valence-corrected chi connectivity index (χ3v) is 2.87. The Kier molecular flexibility index (Phi) is 4.12. The molecule has 108 valence electrons. The fourth-order valence-electron chi connectivity index (χ4n) is 1.92. The molecule has 0 aliphatic heterocycles. The van der Waals surface area contributed by atoms with Crippen molar-refractivity contribution in [1.29, 1.82) is 0 Å². The van der Waals surface area contributed by atoms with E-state index in [1.54, 1.807) is 30.3 Å². The Labute approximate surface area is 119 Å². The van der Waals surface area contributed by atoms with E-state index in [1.165, 1.54) is 12.1 Å². The van der Waals surface area contributed by atoms with Crippen LogP contribution in [-0.4, -0.2) is 11.1 Å². The smallest absolute Gasteiger partial charge is 0.416 e. The second-order valence-corrected chi connectivity index (χ2v) is 4.34. The molecule has 0 spiro atoms. The van der Waals surface area contributed by atoms with Crippen molar-refractivity contribution in [3.8, 4) is 11.1 Å². The van der Waals surface area contributed by atoms with Crippen LogP contribution in [0, 0.1) is 0 Å². The third-order valence-electron chi connectivity index (χ3n) is 2.87. The predicted molar refractivity (Wildman–Crippen MR) is 73.5 cm³/mol. The third kappa shape index (κ3) is 3.72. The molecule has 0 aromatic heterocycles. The first-order valence-electron chi connectivity index (χ1n) is 6.05. The number of halogens is 3. The molecule has 0 aliphatic carbocycles. The maximum absolute atomic E-state index is 12.8. The first-order chi connectivity index (χ1) is 9.88. The molecular formula is C16H11F3O2. The molecule has 0 aliphatic rings. The number of rotatable bonds is 3. The predicted octanol–water partition coefficient (Wildman–Crippen LogP) is 4.47. The van der Waals surface area contributed by atoms with Crippen LogP contribution in [0.15, 0.2) is 54.6 Å². The van der Waals surface area contributed by atoms with Gasteiger partial charge in [0.2, 0.25) is 0 Å². The molecule has 2 aromatic carbocycles. The number of carbonyl (C=O) groups is 1. The van der Waals surface area contributed by atoms with Crippen molar-refractivity contribution in [3.63, 3.8) is 0 Å². The average molecular weight is 292 g/mol. The second-order valence-electron chi connectivity index (χ2n) is 4.34. The molecule has 0 saturated carbocycles. The summed E-state index contributed by atoms with van der Waals surface area (Å²) in [4.78, 5) is 10.6. The molecular weight excluding hydrogens is 281 g/mol. The van der Waals surface area contributed by atoms with Gasteiger partial charge < -0.3 is 5.11 Å². The maximum atomic E-state index is 12.8. The summed E-state index contributed by atoms with van der Waals surface area (Å²) < 4.78 is 38.3. The van der Waals surface area contributed by atoms with Crippen molar-refractivity contribution in [2.45, 2.75) is 6.18 Å². The molecule has 0 heterocycles. The molecule has 0 radical (unpaired) electrons. The highest BCUT2D eigenvalue weighted by Crippen LogP contribution is 2.33. The zero-order valence-corrected chi connectivity index (χ0v) is 10.8. The van der Waals surface area contributed by atoms with E-state index in [0.717, 1.165) is 23.8 Å². The number of alkyl halides is 3. The Morgan fingerprint density at radius 2 is 1.71 bits per heavy atom. The molecule has 2 aromatic rings. The highest BCUT2D eigenvalue weighted by Gasteiger charge is 2.30. The monoisotopic (exact) mass is 292 g/mol. The quantitative estimate of drug-likeness (QED) is 0.847. The molecule has 2 rings (SSSR count). The molecule has 21 heavy (non-hydrogen) atoms. The summed E-state index contributed by atoms with van der Waals surface area (Å²) >= 11 is 0.